The Bertz CT molecular complexity index is 989. The summed E-state index contributed by atoms with van der Waals surface area (Å²) < 4.78 is 44.8. The third-order valence-electron chi connectivity index (χ3n) is 3.45. The third kappa shape index (κ3) is 7.87. The molecule has 0 saturated heterocycles. The number of terminal acetylenes is 3. The van der Waals surface area contributed by atoms with Crippen LogP contribution in [0.25, 0.3) is 0 Å². The molecular formula is C21H18O9S. The zero-order chi connectivity index (χ0) is 23.3. The van der Waals surface area contributed by atoms with Gasteiger partial charge in [0.15, 0.2) is 19.8 Å². The normalized spacial score (nSPS) is 10.6. The lowest BCUT2D eigenvalue weighted by Gasteiger charge is -2.28. The first-order chi connectivity index (χ1) is 14.7. The number of hydrogen-bond donors (Lipinski definition) is 0. The molecule has 0 aliphatic rings. The van der Waals surface area contributed by atoms with Gasteiger partial charge in [0, 0.05) is 0 Å². The summed E-state index contributed by atoms with van der Waals surface area (Å²) in [4.78, 5) is 36.8. The molecule has 1 aromatic carbocycles. The molecule has 1 aromatic rings. The summed E-state index contributed by atoms with van der Waals surface area (Å²) in [6, 6.07) is 6.70. The van der Waals surface area contributed by atoms with Crippen LogP contribution in [0.4, 0.5) is 0 Å². The van der Waals surface area contributed by atoms with E-state index in [0.29, 0.717) is 0 Å². The molecule has 1 rings (SSSR count). The molecule has 0 aromatic heterocycles. The maximum Gasteiger partial charge on any atom is 0.342 e. The van der Waals surface area contributed by atoms with Crippen LogP contribution in [0.3, 0.4) is 0 Å². The molecule has 0 amide bonds. The molecule has 0 bridgehead atoms. The van der Waals surface area contributed by atoms with Crippen LogP contribution in [0.5, 0.6) is 0 Å². The van der Waals surface area contributed by atoms with Gasteiger partial charge in [-0.15, -0.1) is 19.3 Å². The first-order valence-corrected chi connectivity index (χ1v) is 9.91. The molecule has 0 unspecified atom stereocenters. The average Bonchev–Trinajstić information content (AvgIpc) is 2.74. The first-order valence-electron chi connectivity index (χ1n) is 8.50. The summed E-state index contributed by atoms with van der Waals surface area (Å²) in [6.07, 6.45) is 13.0. The van der Waals surface area contributed by atoms with Gasteiger partial charge in [-0.25, -0.2) is 8.98 Å². The Morgan fingerprint density at radius 1 is 0.806 bits per heavy atom. The SMILES string of the molecule is C#CCOC(=O)CC(CC(=O)OCC#C)(OS(=O)(=O)c1ccccc1)C(=O)OCC#C. The summed E-state index contributed by atoms with van der Waals surface area (Å²) in [6.45, 7) is -1.53. The molecule has 0 aliphatic carbocycles. The number of benzene rings is 1. The highest BCUT2D eigenvalue weighted by atomic mass is 32.2. The second-order valence-electron chi connectivity index (χ2n) is 5.71. The van der Waals surface area contributed by atoms with E-state index >= 15 is 0 Å². The van der Waals surface area contributed by atoms with E-state index in [9.17, 15) is 22.8 Å². The second-order valence-corrected chi connectivity index (χ2v) is 7.25. The molecule has 0 radical (unpaired) electrons. The number of carbonyl (C=O) groups is 3. The molecular weight excluding hydrogens is 428 g/mol. The van der Waals surface area contributed by atoms with Gasteiger partial charge in [0.1, 0.15) is 0 Å². The van der Waals surface area contributed by atoms with Crippen molar-refractivity contribution in [3.8, 4) is 37.0 Å². The molecule has 31 heavy (non-hydrogen) atoms. The molecule has 0 N–H and O–H groups in total. The standard InChI is InChI=1S/C21H18O9S/c1-4-12-27-18(22)15-21(20(24)29-14-6-3,16-19(23)28-13-5-2)30-31(25,26)17-10-8-7-9-11-17/h1-3,7-11H,12-16H2. The van der Waals surface area contributed by atoms with Crippen molar-refractivity contribution in [1.29, 1.82) is 0 Å². The summed E-state index contributed by atoms with van der Waals surface area (Å²) >= 11 is 0. The molecule has 162 valence electrons. The predicted molar refractivity (Wildman–Crippen MR) is 106 cm³/mol. The Balaban J connectivity index is 3.44. The fourth-order valence-corrected chi connectivity index (χ4v) is 3.39. The van der Waals surface area contributed by atoms with E-state index in [4.69, 9.17) is 37.7 Å². The maximum atomic E-state index is 12.8. The highest BCUT2D eigenvalue weighted by Gasteiger charge is 2.50. The minimum atomic E-state index is -4.67. The van der Waals surface area contributed by atoms with E-state index in [1.807, 2.05) is 17.8 Å². The van der Waals surface area contributed by atoms with Gasteiger partial charge in [0.05, 0.1) is 17.7 Å². The predicted octanol–water partition coefficient (Wildman–Crippen LogP) is 0.440. The Kier molecular flexibility index (Phi) is 9.81. The van der Waals surface area contributed by atoms with Crippen molar-refractivity contribution in [2.24, 2.45) is 0 Å². The molecule has 0 saturated carbocycles. The number of carbonyl (C=O) groups excluding carboxylic acids is 3. The monoisotopic (exact) mass is 446 g/mol. The van der Waals surface area contributed by atoms with Crippen LogP contribution in [0.1, 0.15) is 12.8 Å². The summed E-state index contributed by atoms with van der Waals surface area (Å²) in [5, 5.41) is 0. The van der Waals surface area contributed by atoms with Gasteiger partial charge < -0.3 is 14.2 Å². The minimum absolute atomic E-state index is 0.349. The van der Waals surface area contributed by atoms with E-state index in [1.54, 1.807) is 6.07 Å². The summed E-state index contributed by atoms with van der Waals surface area (Å²) in [7, 11) is -4.67. The Morgan fingerprint density at radius 3 is 1.71 bits per heavy atom. The highest BCUT2D eigenvalue weighted by molar-refractivity contribution is 7.86. The molecule has 0 atom stereocenters. The lowest BCUT2D eigenvalue weighted by molar-refractivity contribution is -0.172. The molecule has 0 aliphatic heterocycles. The zero-order valence-electron chi connectivity index (χ0n) is 16.2. The molecule has 9 nitrogen and oxygen atoms in total. The van der Waals surface area contributed by atoms with Crippen molar-refractivity contribution in [2.75, 3.05) is 19.8 Å². The van der Waals surface area contributed by atoms with Gasteiger partial charge in [-0.05, 0) is 12.1 Å². The van der Waals surface area contributed by atoms with Crippen LogP contribution in [-0.4, -0.2) is 51.7 Å². The lowest BCUT2D eigenvalue weighted by Crippen LogP contribution is -2.48. The largest absolute Gasteiger partial charge is 0.452 e. The topological polar surface area (TPSA) is 122 Å². The smallest absolute Gasteiger partial charge is 0.342 e. The number of hydrogen-bond acceptors (Lipinski definition) is 9. The van der Waals surface area contributed by atoms with Crippen LogP contribution >= 0.6 is 0 Å². The fraction of sp³-hybridized carbons (Fsp3) is 0.286. The lowest BCUT2D eigenvalue weighted by atomic mass is 9.95. The minimum Gasteiger partial charge on any atom is -0.452 e. The van der Waals surface area contributed by atoms with E-state index in [-0.39, 0.29) is 4.90 Å². The van der Waals surface area contributed by atoms with Gasteiger partial charge in [0.2, 0.25) is 5.60 Å². The van der Waals surface area contributed by atoms with Gasteiger partial charge >= 0.3 is 17.9 Å². The van der Waals surface area contributed by atoms with Crippen molar-refractivity contribution in [2.45, 2.75) is 23.3 Å². The van der Waals surface area contributed by atoms with Crippen molar-refractivity contribution in [3.05, 3.63) is 30.3 Å². The Labute approximate surface area is 180 Å². The highest BCUT2D eigenvalue weighted by Crippen LogP contribution is 2.30. The quantitative estimate of drug-likeness (QED) is 0.206. The van der Waals surface area contributed by atoms with Crippen molar-refractivity contribution in [1.82, 2.24) is 0 Å². The Hall–Kier alpha value is -3.78. The molecule has 0 spiro atoms. The van der Waals surface area contributed by atoms with Crippen molar-refractivity contribution < 1.29 is 41.2 Å². The van der Waals surface area contributed by atoms with Crippen LogP contribution in [0, 0.1) is 37.0 Å². The van der Waals surface area contributed by atoms with Crippen LogP contribution in [0.2, 0.25) is 0 Å². The van der Waals surface area contributed by atoms with E-state index in [2.05, 4.69) is 0 Å². The fourth-order valence-electron chi connectivity index (χ4n) is 2.20. The van der Waals surface area contributed by atoms with Gasteiger partial charge in [0.25, 0.3) is 10.1 Å². The number of ether oxygens (including phenoxy) is 3. The molecule has 10 heteroatoms. The molecule has 0 heterocycles. The summed E-state index contributed by atoms with van der Waals surface area (Å²) in [5.74, 6) is 2.40. The number of esters is 3. The van der Waals surface area contributed by atoms with Crippen molar-refractivity contribution >= 4 is 28.0 Å². The van der Waals surface area contributed by atoms with Gasteiger partial charge in [-0.2, -0.15) is 8.42 Å². The van der Waals surface area contributed by atoms with E-state index in [0.717, 1.165) is 0 Å². The first kappa shape index (κ1) is 25.3. The zero-order valence-corrected chi connectivity index (χ0v) is 17.1. The van der Waals surface area contributed by atoms with E-state index in [1.165, 1.54) is 24.3 Å². The van der Waals surface area contributed by atoms with Crippen molar-refractivity contribution in [3.63, 3.8) is 0 Å². The van der Waals surface area contributed by atoms with Gasteiger partial charge in [-0.1, -0.05) is 36.0 Å². The summed E-state index contributed by atoms with van der Waals surface area (Å²) in [5.41, 5.74) is -2.69. The number of rotatable bonds is 11. The maximum absolute atomic E-state index is 12.8. The van der Waals surface area contributed by atoms with Crippen LogP contribution in [-0.2, 0) is 42.9 Å². The Morgan fingerprint density at radius 2 is 1.26 bits per heavy atom. The average molecular weight is 446 g/mol. The van der Waals surface area contributed by atoms with Gasteiger partial charge in [-0.3, -0.25) is 9.59 Å². The van der Waals surface area contributed by atoms with E-state index < -0.39 is 66.3 Å². The second kappa shape index (κ2) is 12.0. The van der Waals surface area contributed by atoms with Crippen LogP contribution in [0.15, 0.2) is 35.2 Å². The van der Waals surface area contributed by atoms with Crippen LogP contribution < -0.4 is 0 Å². The molecule has 0 fully saturated rings. The third-order valence-corrected chi connectivity index (χ3v) is 4.84.